The van der Waals surface area contributed by atoms with Gasteiger partial charge < -0.3 is 15.0 Å². The molecule has 8 nitrogen and oxygen atoms in total. The van der Waals surface area contributed by atoms with Gasteiger partial charge in [-0.15, -0.1) is 0 Å². The number of carbonyl (C=O) groups is 2. The van der Waals surface area contributed by atoms with E-state index in [-0.39, 0.29) is 29.1 Å². The standard InChI is InChI=1S/C33H40FN3O5S/c1-4-31(33(39)35-27-12-6-5-7-13-27)36(22-25-11-9-8-10-24(25)2)32(38)23-37(28-16-14-26(34)15-17-28)43(40,41)30-20-18-29(42-3)19-21-30/h8-11,14-21,27,31H,4-7,12-13,22-23H2,1-3H3,(H,35,39)/t31-/m1/s1. The summed E-state index contributed by atoms with van der Waals surface area (Å²) in [4.78, 5) is 29.3. The van der Waals surface area contributed by atoms with Gasteiger partial charge in [-0.3, -0.25) is 13.9 Å². The molecule has 1 fully saturated rings. The van der Waals surface area contributed by atoms with E-state index in [9.17, 15) is 22.4 Å². The minimum atomic E-state index is -4.27. The molecule has 10 heteroatoms. The van der Waals surface area contributed by atoms with Crippen LogP contribution in [0.25, 0.3) is 0 Å². The molecular formula is C33H40FN3O5S. The van der Waals surface area contributed by atoms with Crippen molar-refractivity contribution in [3.63, 3.8) is 0 Å². The molecule has 0 unspecified atom stereocenters. The Morgan fingerprint density at radius 2 is 1.63 bits per heavy atom. The van der Waals surface area contributed by atoms with Crippen molar-refractivity contribution in [2.24, 2.45) is 0 Å². The highest BCUT2D eigenvalue weighted by atomic mass is 32.2. The summed E-state index contributed by atoms with van der Waals surface area (Å²) in [6.07, 6.45) is 5.37. The summed E-state index contributed by atoms with van der Waals surface area (Å²) in [5.74, 6) is -0.857. The lowest BCUT2D eigenvalue weighted by atomic mass is 9.95. The molecule has 1 atom stereocenters. The molecule has 0 bridgehead atoms. The van der Waals surface area contributed by atoms with Crippen molar-refractivity contribution in [3.05, 3.63) is 89.7 Å². The molecule has 1 saturated carbocycles. The quantitative estimate of drug-likeness (QED) is 0.289. The van der Waals surface area contributed by atoms with Crippen molar-refractivity contribution in [3.8, 4) is 5.75 Å². The number of hydrogen-bond donors (Lipinski definition) is 1. The van der Waals surface area contributed by atoms with E-state index in [2.05, 4.69) is 5.32 Å². The van der Waals surface area contributed by atoms with Crippen LogP contribution in [0.5, 0.6) is 5.75 Å². The first-order chi connectivity index (χ1) is 20.6. The van der Waals surface area contributed by atoms with Crippen molar-refractivity contribution in [1.82, 2.24) is 10.2 Å². The molecule has 230 valence electrons. The third-order valence-corrected chi connectivity index (χ3v) is 9.77. The van der Waals surface area contributed by atoms with Crippen LogP contribution >= 0.6 is 0 Å². The van der Waals surface area contributed by atoms with Gasteiger partial charge in [0.25, 0.3) is 10.0 Å². The van der Waals surface area contributed by atoms with E-state index in [0.717, 1.165) is 59.7 Å². The van der Waals surface area contributed by atoms with Gasteiger partial charge >= 0.3 is 0 Å². The number of rotatable bonds is 12. The zero-order valence-corrected chi connectivity index (χ0v) is 25.8. The number of nitrogens with zero attached hydrogens (tertiary/aromatic N) is 2. The Morgan fingerprint density at radius 3 is 2.23 bits per heavy atom. The van der Waals surface area contributed by atoms with Crippen LogP contribution in [0.3, 0.4) is 0 Å². The molecular weight excluding hydrogens is 569 g/mol. The first-order valence-electron chi connectivity index (χ1n) is 14.7. The summed E-state index contributed by atoms with van der Waals surface area (Å²) in [7, 11) is -2.79. The lowest BCUT2D eigenvalue weighted by Gasteiger charge is -2.34. The fourth-order valence-corrected chi connectivity index (χ4v) is 6.86. The molecule has 0 heterocycles. The van der Waals surface area contributed by atoms with Crippen molar-refractivity contribution < 1.29 is 27.1 Å². The van der Waals surface area contributed by atoms with Crippen LogP contribution in [0.2, 0.25) is 0 Å². The molecule has 3 aromatic carbocycles. The predicted molar refractivity (Wildman–Crippen MR) is 165 cm³/mol. The normalized spacial score (nSPS) is 14.5. The average molecular weight is 610 g/mol. The summed E-state index contributed by atoms with van der Waals surface area (Å²) in [5, 5.41) is 3.15. The van der Waals surface area contributed by atoms with Crippen molar-refractivity contribution >= 4 is 27.5 Å². The average Bonchev–Trinajstić information content (AvgIpc) is 3.01. The summed E-state index contributed by atoms with van der Waals surface area (Å²) < 4.78 is 47.9. The van der Waals surface area contributed by atoms with Crippen LogP contribution in [0.4, 0.5) is 10.1 Å². The highest BCUT2D eigenvalue weighted by Gasteiger charge is 2.34. The number of benzene rings is 3. The van der Waals surface area contributed by atoms with Crippen molar-refractivity contribution in [2.75, 3.05) is 18.0 Å². The summed E-state index contributed by atoms with van der Waals surface area (Å²) in [6, 6.07) is 17.6. The second-order valence-electron chi connectivity index (χ2n) is 10.9. The number of amides is 2. The molecule has 0 spiro atoms. The van der Waals surface area contributed by atoms with Gasteiger partial charge in [-0.05, 0) is 85.8 Å². The number of halogens is 1. The smallest absolute Gasteiger partial charge is 0.264 e. The molecule has 0 aliphatic heterocycles. The Labute approximate surface area is 253 Å². The maximum Gasteiger partial charge on any atom is 0.264 e. The third-order valence-electron chi connectivity index (χ3n) is 7.98. The lowest BCUT2D eigenvalue weighted by Crippen LogP contribution is -2.54. The van der Waals surface area contributed by atoms with Gasteiger partial charge in [0.1, 0.15) is 24.2 Å². The number of anilines is 1. The minimum Gasteiger partial charge on any atom is -0.497 e. The Kier molecular flexibility index (Phi) is 10.8. The Bertz CT molecular complexity index is 1490. The fourth-order valence-electron chi connectivity index (χ4n) is 5.45. The highest BCUT2D eigenvalue weighted by Crippen LogP contribution is 2.27. The topological polar surface area (TPSA) is 96.0 Å². The van der Waals surface area contributed by atoms with Crippen LogP contribution in [-0.4, -0.2) is 50.9 Å². The van der Waals surface area contributed by atoms with E-state index in [1.165, 1.54) is 48.4 Å². The van der Waals surface area contributed by atoms with Crippen LogP contribution in [0.1, 0.15) is 56.6 Å². The number of methoxy groups -OCH3 is 1. The van der Waals surface area contributed by atoms with Crippen molar-refractivity contribution in [1.29, 1.82) is 0 Å². The number of sulfonamides is 1. The zero-order valence-electron chi connectivity index (χ0n) is 25.0. The van der Waals surface area contributed by atoms with Gasteiger partial charge in [0.2, 0.25) is 11.8 Å². The number of nitrogens with one attached hydrogen (secondary N) is 1. The molecule has 0 radical (unpaired) electrons. The fraction of sp³-hybridized carbons (Fsp3) is 0.394. The second kappa shape index (κ2) is 14.5. The monoisotopic (exact) mass is 609 g/mol. The number of hydrogen-bond acceptors (Lipinski definition) is 5. The largest absolute Gasteiger partial charge is 0.497 e. The van der Waals surface area contributed by atoms with Crippen LogP contribution < -0.4 is 14.4 Å². The predicted octanol–water partition coefficient (Wildman–Crippen LogP) is 5.59. The zero-order chi connectivity index (χ0) is 31.0. The number of ether oxygens (including phenoxy) is 1. The third kappa shape index (κ3) is 7.93. The highest BCUT2D eigenvalue weighted by molar-refractivity contribution is 7.92. The number of aryl methyl sites for hydroxylation is 1. The molecule has 1 aliphatic rings. The van der Waals surface area contributed by atoms with E-state index in [4.69, 9.17) is 4.74 Å². The molecule has 43 heavy (non-hydrogen) atoms. The van der Waals surface area contributed by atoms with Gasteiger partial charge in [0.15, 0.2) is 0 Å². The van der Waals surface area contributed by atoms with E-state index in [1.807, 2.05) is 38.1 Å². The van der Waals surface area contributed by atoms with Gasteiger partial charge in [-0.2, -0.15) is 0 Å². The van der Waals surface area contributed by atoms with Gasteiger partial charge in [-0.25, -0.2) is 12.8 Å². The van der Waals surface area contributed by atoms with E-state index in [0.29, 0.717) is 12.2 Å². The second-order valence-corrected chi connectivity index (χ2v) is 12.7. The summed E-state index contributed by atoms with van der Waals surface area (Å²) in [6.45, 7) is 3.32. The maximum atomic E-state index is 14.2. The molecule has 0 aromatic heterocycles. The lowest BCUT2D eigenvalue weighted by molar-refractivity contribution is -0.140. The van der Waals surface area contributed by atoms with Gasteiger partial charge in [0.05, 0.1) is 17.7 Å². The van der Waals surface area contributed by atoms with Gasteiger partial charge in [0, 0.05) is 12.6 Å². The van der Waals surface area contributed by atoms with E-state index >= 15 is 0 Å². The molecule has 1 N–H and O–H groups in total. The van der Waals surface area contributed by atoms with Crippen molar-refractivity contribution in [2.45, 2.75) is 75.9 Å². The molecule has 3 aromatic rings. The molecule has 4 rings (SSSR count). The van der Waals surface area contributed by atoms with Crippen LogP contribution in [-0.2, 0) is 26.2 Å². The van der Waals surface area contributed by atoms with Crippen LogP contribution in [0, 0.1) is 12.7 Å². The first-order valence-corrected chi connectivity index (χ1v) is 16.1. The Morgan fingerprint density at radius 1 is 0.977 bits per heavy atom. The first kappa shape index (κ1) is 32.0. The summed E-state index contributed by atoms with van der Waals surface area (Å²) >= 11 is 0. The SMILES string of the molecule is CC[C@H](C(=O)NC1CCCCC1)N(Cc1ccccc1C)C(=O)CN(c1ccc(F)cc1)S(=O)(=O)c1ccc(OC)cc1. The summed E-state index contributed by atoms with van der Waals surface area (Å²) in [5.41, 5.74) is 1.93. The van der Waals surface area contributed by atoms with Crippen LogP contribution in [0.15, 0.2) is 77.7 Å². The van der Waals surface area contributed by atoms with Gasteiger partial charge in [-0.1, -0.05) is 50.5 Å². The Balaban J connectivity index is 1.71. The maximum absolute atomic E-state index is 14.2. The molecule has 1 aliphatic carbocycles. The van der Waals surface area contributed by atoms with E-state index in [1.54, 1.807) is 0 Å². The number of carbonyl (C=O) groups excluding carboxylic acids is 2. The van der Waals surface area contributed by atoms with E-state index < -0.39 is 34.3 Å². The molecule has 2 amide bonds. The Hall–Kier alpha value is -3.92. The molecule has 0 saturated heterocycles. The minimum absolute atomic E-state index is 0.0527.